The third-order valence-electron chi connectivity index (χ3n) is 2.04. The first-order chi connectivity index (χ1) is 7.47. The lowest BCUT2D eigenvalue weighted by molar-refractivity contribution is -0.134. The van der Waals surface area contributed by atoms with Crippen LogP contribution in [0.5, 0.6) is 0 Å². The zero-order chi connectivity index (χ0) is 13.0. The van der Waals surface area contributed by atoms with Crippen LogP contribution in [-0.4, -0.2) is 22.3 Å². The van der Waals surface area contributed by atoms with Crippen LogP contribution in [0.15, 0.2) is 17.9 Å². The zero-order valence-electron chi connectivity index (χ0n) is 10.6. The lowest BCUT2D eigenvalue weighted by atomic mass is 10.0. The van der Waals surface area contributed by atoms with Gasteiger partial charge in [0.25, 0.3) is 5.97 Å². The second kappa shape index (κ2) is 12.0. The third-order valence-corrected chi connectivity index (χ3v) is 2.04. The molecule has 16 heavy (non-hydrogen) atoms. The van der Waals surface area contributed by atoms with Crippen LogP contribution < -0.4 is 0 Å². The van der Waals surface area contributed by atoms with Gasteiger partial charge in [-0.3, -0.25) is 4.79 Å². The van der Waals surface area contributed by atoms with E-state index in [4.69, 9.17) is 9.90 Å². The van der Waals surface area contributed by atoms with Crippen LogP contribution in [0.4, 0.5) is 0 Å². The van der Waals surface area contributed by atoms with E-state index in [1.54, 1.807) is 0 Å². The summed E-state index contributed by atoms with van der Waals surface area (Å²) in [5.41, 5.74) is 4.08. The first kappa shape index (κ1) is 17.3. The molecule has 0 aliphatic rings. The van der Waals surface area contributed by atoms with Gasteiger partial charge in [0.1, 0.15) is 0 Å². The molecule has 3 heteroatoms. The average Bonchev–Trinajstić information content (AvgIpc) is 2.23. The molecule has 0 amide bonds. The van der Waals surface area contributed by atoms with Crippen LogP contribution >= 0.6 is 0 Å². The van der Waals surface area contributed by atoms with Crippen molar-refractivity contribution >= 4 is 5.97 Å². The van der Waals surface area contributed by atoms with Gasteiger partial charge in [0, 0.05) is 13.3 Å². The van der Waals surface area contributed by atoms with E-state index in [-0.39, 0.29) is 6.10 Å². The number of rotatable bonds is 6. The maximum atomic E-state index is 9.37. The second-order valence-corrected chi connectivity index (χ2v) is 3.67. The van der Waals surface area contributed by atoms with Gasteiger partial charge in [-0.05, 0) is 24.8 Å². The maximum absolute atomic E-state index is 9.37. The van der Waals surface area contributed by atoms with E-state index < -0.39 is 5.97 Å². The van der Waals surface area contributed by atoms with Gasteiger partial charge in [0.05, 0.1) is 6.10 Å². The normalized spacial score (nSPS) is 10.8. The average molecular weight is 228 g/mol. The number of carboxylic acid groups (broad SMARTS) is 1. The Morgan fingerprint density at radius 3 is 2.25 bits per heavy atom. The Kier molecular flexibility index (Phi) is 13.0. The predicted molar refractivity (Wildman–Crippen MR) is 66.4 cm³/mol. The number of hydrogen-bond acceptors (Lipinski definition) is 2. The predicted octanol–water partition coefficient (Wildman–Crippen LogP) is 3.14. The summed E-state index contributed by atoms with van der Waals surface area (Å²) in [6.45, 7) is 8.87. The van der Waals surface area contributed by atoms with Gasteiger partial charge in [-0.1, -0.05) is 26.8 Å². The minimum atomic E-state index is -0.833. The van der Waals surface area contributed by atoms with E-state index in [0.29, 0.717) is 0 Å². The molecule has 3 nitrogen and oxygen atoms in total. The number of hydrogen-bond donors (Lipinski definition) is 2. The van der Waals surface area contributed by atoms with Crippen LogP contribution in [0.25, 0.3) is 0 Å². The number of aliphatic hydroxyl groups excluding tert-OH is 1. The van der Waals surface area contributed by atoms with Crippen LogP contribution in [0.2, 0.25) is 0 Å². The van der Waals surface area contributed by atoms with Crippen molar-refractivity contribution in [3.05, 3.63) is 17.9 Å². The van der Waals surface area contributed by atoms with E-state index in [9.17, 15) is 5.11 Å². The molecule has 0 rings (SSSR count). The molecular weight excluding hydrogens is 204 g/mol. The number of aliphatic hydroxyl groups is 1. The Morgan fingerprint density at radius 2 is 1.94 bits per heavy atom. The van der Waals surface area contributed by atoms with Crippen molar-refractivity contribution < 1.29 is 15.0 Å². The fourth-order valence-electron chi connectivity index (χ4n) is 1.08. The highest BCUT2D eigenvalue weighted by atomic mass is 16.4. The summed E-state index contributed by atoms with van der Waals surface area (Å²) in [5, 5.41) is 16.8. The summed E-state index contributed by atoms with van der Waals surface area (Å²) in [7, 11) is 0. The smallest absolute Gasteiger partial charge is 0.300 e. The monoisotopic (exact) mass is 228 g/mol. The summed E-state index contributed by atoms with van der Waals surface area (Å²) in [4.78, 5) is 9.00. The Balaban J connectivity index is 0. The van der Waals surface area contributed by atoms with E-state index in [0.717, 1.165) is 26.2 Å². The molecule has 1 atom stereocenters. The number of unbranched alkanes of at least 4 members (excludes halogenated alkanes) is 1. The molecule has 0 unspecified atom stereocenters. The summed E-state index contributed by atoms with van der Waals surface area (Å²) in [6, 6.07) is 0. The Morgan fingerprint density at radius 1 is 1.44 bits per heavy atom. The molecule has 0 aliphatic heterocycles. The Hall–Kier alpha value is -1.05. The number of carbonyl (C=O) groups is 1. The quantitative estimate of drug-likeness (QED) is 0.687. The van der Waals surface area contributed by atoms with Gasteiger partial charge >= 0.3 is 0 Å². The van der Waals surface area contributed by atoms with E-state index in [2.05, 4.69) is 19.2 Å². The molecular formula is C13H24O3. The minimum absolute atomic E-state index is 0.203. The van der Waals surface area contributed by atoms with Crippen LogP contribution in [-0.2, 0) is 4.79 Å². The zero-order valence-corrected chi connectivity index (χ0v) is 10.6. The molecule has 0 saturated heterocycles. The SMILES string of the molecule is C=C=C(CCCC)C[C@H](O)CC.CC(=O)O. The lowest BCUT2D eigenvalue weighted by Crippen LogP contribution is -2.05. The standard InChI is InChI=1S/C11H20O.C2H4O2/c1-4-7-8-10(5-2)9-11(12)6-3;1-2(3)4/h11-12H,2,4,6-9H2,1,3H3;1H3,(H,3,4)/t11-;/m1./s1. The first-order valence-corrected chi connectivity index (χ1v) is 5.73. The molecule has 0 fully saturated rings. The second-order valence-electron chi connectivity index (χ2n) is 3.67. The van der Waals surface area contributed by atoms with Gasteiger partial charge in [-0.15, -0.1) is 5.73 Å². The van der Waals surface area contributed by atoms with Gasteiger partial charge < -0.3 is 10.2 Å². The Labute approximate surface area is 98.5 Å². The number of aliphatic carboxylic acids is 1. The van der Waals surface area contributed by atoms with Crippen molar-refractivity contribution in [2.24, 2.45) is 0 Å². The van der Waals surface area contributed by atoms with Crippen LogP contribution in [0.1, 0.15) is 52.9 Å². The van der Waals surface area contributed by atoms with Crippen LogP contribution in [0, 0.1) is 0 Å². The molecule has 0 bridgehead atoms. The van der Waals surface area contributed by atoms with Crippen molar-refractivity contribution in [3.63, 3.8) is 0 Å². The van der Waals surface area contributed by atoms with Gasteiger partial charge in [0.15, 0.2) is 0 Å². The van der Waals surface area contributed by atoms with Crippen LogP contribution in [0.3, 0.4) is 0 Å². The van der Waals surface area contributed by atoms with Gasteiger partial charge in [0.2, 0.25) is 0 Å². The summed E-state index contributed by atoms with van der Waals surface area (Å²) >= 11 is 0. The highest BCUT2D eigenvalue weighted by Crippen LogP contribution is 2.13. The molecule has 0 heterocycles. The van der Waals surface area contributed by atoms with Crippen molar-refractivity contribution in [1.29, 1.82) is 0 Å². The van der Waals surface area contributed by atoms with Crippen molar-refractivity contribution in [1.82, 2.24) is 0 Å². The first-order valence-electron chi connectivity index (χ1n) is 5.73. The fraction of sp³-hybridized carbons (Fsp3) is 0.692. The van der Waals surface area contributed by atoms with E-state index in [1.807, 2.05) is 6.92 Å². The van der Waals surface area contributed by atoms with Crippen molar-refractivity contribution in [2.75, 3.05) is 0 Å². The summed E-state index contributed by atoms with van der Waals surface area (Å²) < 4.78 is 0. The lowest BCUT2D eigenvalue weighted by Gasteiger charge is -2.08. The van der Waals surface area contributed by atoms with Crippen molar-refractivity contribution in [3.8, 4) is 0 Å². The fourth-order valence-corrected chi connectivity index (χ4v) is 1.08. The molecule has 94 valence electrons. The topological polar surface area (TPSA) is 57.5 Å². The molecule has 0 radical (unpaired) electrons. The third kappa shape index (κ3) is 15.4. The molecule has 0 aromatic rings. The number of carboxylic acids is 1. The van der Waals surface area contributed by atoms with E-state index >= 15 is 0 Å². The van der Waals surface area contributed by atoms with E-state index in [1.165, 1.54) is 18.4 Å². The molecule has 2 N–H and O–H groups in total. The van der Waals surface area contributed by atoms with Gasteiger partial charge in [-0.25, -0.2) is 0 Å². The highest BCUT2D eigenvalue weighted by molar-refractivity contribution is 5.62. The highest BCUT2D eigenvalue weighted by Gasteiger charge is 2.03. The molecule has 0 aromatic heterocycles. The van der Waals surface area contributed by atoms with Gasteiger partial charge in [-0.2, -0.15) is 0 Å². The van der Waals surface area contributed by atoms with Crippen molar-refractivity contribution in [2.45, 2.75) is 59.0 Å². The largest absolute Gasteiger partial charge is 0.481 e. The molecule has 0 aliphatic carbocycles. The molecule has 0 saturated carbocycles. The molecule has 0 aromatic carbocycles. The maximum Gasteiger partial charge on any atom is 0.300 e. The molecule has 0 spiro atoms. The summed E-state index contributed by atoms with van der Waals surface area (Å²) in [6.07, 6.45) is 4.77. The Bertz CT molecular complexity index is 223. The summed E-state index contributed by atoms with van der Waals surface area (Å²) in [5.74, 6) is -0.833. The minimum Gasteiger partial charge on any atom is -0.481 e.